The number of hydrogen-bond acceptors (Lipinski definition) is 9. The number of primary amides is 1. The minimum atomic E-state index is -2.89. The van der Waals surface area contributed by atoms with Crippen LogP contribution in [0.1, 0.15) is 24.0 Å². The van der Waals surface area contributed by atoms with E-state index in [1.807, 2.05) is 0 Å². The van der Waals surface area contributed by atoms with Crippen molar-refractivity contribution in [3.8, 4) is 5.75 Å². The summed E-state index contributed by atoms with van der Waals surface area (Å²) >= 11 is 0. The van der Waals surface area contributed by atoms with Crippen molar-refractivity contribution in [1.29, 1.82) is 0 Å². The molecule has 170 valence electrons. The molecule has 4 rings (SSSR count). The van der Waals surface area contributed by atoms with Crippen molar-refractivity contribution in [2.45, 2.75) is 30.6 Å². The fourth-order valence-electron chi connectivity index (χ4n) is 5.58. The number of ketones is 2. The topological polar surface area (TPSA) is 182 Å². The molecule has 1 amide bonds. The van der Waals surface area contributed by atoms with Gasteiger partial charge in [-0.05, 0) is 31.6 Å². The smallest absolute Gasteiger partial charge is 0.255 e. The van der Waals surface area contributed by atoms with Crippen LogP contribution in [0.25, 0.3) is 5.76 Å². The van der Waals surface area contributed by atoms with Crippen molar-refractivity contribution < 1.29 is 39.9 Å². The lowest BCUT2D eigenvalue weighted by molar-refractivity contribution is -0.169. The summed E-state index contributed by atoms with van der Waals surface area (Å²) in [7, 11) is 2.92. The number of nitrogens with two attached hydrogens (primary N) is 1. The van der Waals surface area contributed by atoms with E-state index >= 15 is 0 Å². The predicted molar refractivity (Wildman–Crippen MR) is 110 cm³/mol. The molecule has 1 fully saturated rings. The molecule has 3 unspecified atom stereocenters. The Bertz CT molecular complexity index is 1140. The van der Waals surface area contributed by atoms with E-state index in [9.17, 15) is 39.9 Å². The maximum Gasteiger partial charge on any atom is 0.255 e. The maximum absolute atomic E-state index is 13.7. The van der Waals surface area contributed by atoms with Crippen LogP contribution in [0.15, 0.2) is 35.1 Å². The fourth-order valence-corrected chi connectivity index (χ4v) is 5.58. The van der Waals surface area contributed by atoms with Crippen LogP contribution in [-0.2, 0) is 14.4 Å². The van der Waals surface area contributed by atoms with Crippen LogP contribution < -0.4 is 5.73 Å². The Morgan fingerprint density at radius 3 is 2.34 bits per heavy atom. The minimum Gasteiger partial charge on any atom is -0.508 e. The normalized spacial score (nSPS) is 34.4. The van der Waals surface area contributed by atoms with Crippen LogP contribution in [0.2, 0.25) is 0 Å². The average Bonchev–Trinajstić information content (AvgIpc) is 2.70. The third kappa shape index (κ3) is 2.48. The number of carbonyl (C=O) groups is 3. The number of phenolic OH excluding ortho intramolecular Hbond substituents is 1. The molecule has 0 spiro atoms. The van der Waals surface area contributed by atoms with Crippen LogP contribution in [0.4, 0.5) is 0 Å². The van der Waals surface area contributed by atoms with Crippen molar-refractivity contribution in [2.24, 2.45) is 17.6 Å². The number of nitrogens with zero attached hydrogens (tertiary/aromatic N) is 1. The molecule has 3 aliphatic carbocycles. The Labute approximate surface area is 182 Å². The van der Waals surface area contributed by atoms with E-state index in [2.05, 4.69) is 0 Å². The number of carbonyl (C=O) groups excluding carboxylic acids is 3. The first-order valence-corrected chi connectivity index (χ1v) is 10.0. The first-order valence-electron chi connectivity index (χ1n) is 10.0. The number of Topliss-reactive ketones (excluding diaryl/α,β-unsaturated/α-hetero) is 2. The fraction of sp³-hybridized carbons (Fsp3) is 0.409. The highest BCUT2D eigenvalue weighted by molar-refractivity contribution is 6.24. The van der Waals surface area contributed by atoms with Gasteiger partial charge in [0.1, 0.15) is 22.8 Å². The SMILES string of the molecule is CC1c2cccc(O)c2C(O)=C2C(=O)[C@]3(O)C(O)=C(C(N)=O)C(=O)C(N(C)C)[C@H]3C(O)[C@@H]21. The summed E-state index contributed by atoms with van der Waals surface area (Å²) in [6.45, 7) is 1.68. The zero-order valence-corrected chi connectivity index (χ0v) is 17.6. The number of phenols is 1. The zero-order chi connectivity index (χ0) is 23.9. The molecule has 1 aromatic rings. The molecular formula is C22H24N2O8. The standard InChI is InChI=1S/C22H24N2O8/c1-7-8-5-4-6-9(25)11(8)16(26)12-10(7)17(27)14-15(24(2)3)18(28)13(21(23)31)20(30)22(14,32)19(12)29/h4-7,10,14-15,17,25-27,30,32H,1-3H3,(H2,23,31)/t7?,10-,14+,15?,17?,22+/m1/s1. The summed E-state index contributed by atoms with van der Waals surface area (Å²) in [5.74, 6) is -8.87. The van der Waals surface area contributed by atoms with Crippen molar-refractivity contribution in [3.05, 3.63) is 46.2 Å². The second kappa shape index (κ2) is 6.89. The number of benzene rings is 1. The van der Waals surface area contributed by atoms with Gasteiger partial charge in [-0.3, -0.25) is 19.3 Å². The summed E-state index contributed by atoms with van der Waals surface area (Å²) in [6, 6.07) is 3.13. The molecule has 10 nitrogen and oxygen atoms in total. The zero-order valence-electron chi connectivity index (χ0n) is 17.6. The highest BCUT2D eigenvalue weighted by Crippen LogP contribution is 2.55. The first kappa shape index (κ1) is 22.0. The van der Waals surface area contributed by atoms with Gasteiger partial charge in [-0.25, -0.2) is 0 Å². The third-order valence-corrected chi connectivity index (χ3v) is 6.99. The van der Waals surface area contributed by atoms with E-state index in [1.165, 1.54) is 25.1 Å². The second-order valence-electron chi connectivity index (χ2n) is 8.79. The van der Waals surface area contributed by atoms with Crippen molar-refractivity contribution >= 4 is 23.2 Å². The molecule has 7 N–H and O–H groups in total. The summed E-state index contributed by atoms with van der Waals surface area (Å²) in [6.07, 6.45) is -1.59. The van der Waals surface area contributed by atoms with Gasteiger partial charge in [-0.2, -0.15) is 0 Å². The molecule has 0 bridgehead atoms. The Morgan fingerprint density at radius 2 is 1.78 bits per heavy atom. The van der Waals surface area contributed by atoms with Crippen molar-refractivity contribution in [1.82, 2.24) is 4.90 Å². The summed E-state index contributed by atoms with van der Waals surface area (Å²) < 4.78 is 0. The molecule has 10 heteroatoms. The lowest BCUT2D eigenvalue weighted by Gasteiger charge is -2.53. The lowest BCUT2D eigenvalue weighted by Crippen LogP contribution is -2.70. The Hall–Kier alpha value is -3.21. The second-order valence-corrected chi connectivity index (χ2v) is 8.79. The highest BCUT2D eigenvalue weighted by atomic mass is 16.4. The van der Waals surface area contributed by atoms with Crippen LogP contribution in [0, 0.1) is 11.8 Å². The molecule has 0 aliphatic heterocycles. The Morgan fingerprint density at radius 1 is 1.16 bits per heavy atom. The predicted octanol–water partition coefficient (Wildman–Crippen LogP) is -0.504. The van der Waals surface area contributed by atoms with Crippen LogP contribution in [0.5, 0.6) is 5.75 Å². The number of amides is 1. The molecule has 1 aromatic carbocycles. The third-order valence-electron chi connectivity index (χ3n) is 6.99. The van der Waals surface area contributed by atoms with Crippen LogP contribution in [-0.4, -0.2) is 79.7 Å². The van der Waals surface area contributed by atoms with Crippen LogP contribution in [0.3, 0.4) is 0 Å². The Kier molecular flexibility index (Phi) is 4.74. The van der Waals surface area contributed by atoms with Crippen LogP contribution >= 0.6 is 0 Å². The van der Waals surface area contributed by atoms with Gasteiger partial charge in [0.05, 0.1) is 23.6 Å². The van der Waals surface area contributed by atoms with Gasteiger partial charge in [0.2, 0.25) is 5.78 Å². The summed E-state index contributed by atoms with van der Waals surface area (Å²) in [5.41, 5.74) is 1.47. The number of aliphatic hydroxyl groups is 4. The van der Waals surface area contributed by atoms with Crippen molar-refractivity contribution in [3.63, 3.8) is 0 Å². The highest BCUT2D eigenvalue weighted by Gasteiger charge is 2.68. The largest absolute Gasteiger partial charge is 0.508 e. The minimum absolute atomic E-state index is 0.0245. The number of rotatable bonds is 2. The van der Waals surface area contributed by atoms with E-state index in [1.54, 1.807) is 19.1 Å². The molecule has 0 radical (unpaired) electrons. The van der Waals surface area contributed by atoms with Gasteiger partial charge in [-0.1, -0.05) is 19.1 Å². The number of aliphatic hydroxyl groups excluding tert-OH is 3. The molecule has 6 atom stereocenters. The molecule has 32 heavy (non-hydrogen) atoms. The van der Waals surface area contributed by atoms with Crippen molar-refractivity contribution in [2.75, 3.05) is 14.1 Å². The molecule has 0 saturated heterocycles. The van der Waals surface area contributed by atoms with E-state index in [-0.39, 0.29) is 11.3 Å². The van der Waals surface area contributed by atoms with E-state index in [4.69, 9.17) is 5.73 Å². The molecular weight excluding hydrogens is 420 g/mol. The number of fused-ring (bicyclic) bond motifs is 3. The Balaban J connectivity index is 2.07. The molecule has 0 heterocycles. The molecule has 1 saturated carbocycles. The summed E-state index contributed by atoms with van der Waals surface area (Å²) in [4.78, 5) is 40.0. The van der Waals surface area contributed by atoms with E-state index < -0.39 is 75.6 Å². The maximum atomic E-state index is 13.7. The monoisotopic (exact) mass is 444 g/mol. The average molecular weight is 444 g/mol. The molecule has 0 aromatic heterocycles. The number of hydrogen-bond donors (Lipinski definition) is 6. The van der Waals surface area contributed by atoms with Gasteiger partial charge in [0, 0.05) is 11.5 Å². The summed E-state index contributed by atoms with van der Waals surface area (Å²) in [5, 5.41) is 54.9. The first-order chi connectivity index (χ1) is 14.9. The van der Waals surface area contributed by atoms with Gasteiger partial charge < -0.3 is 31.3 Å². The van der Waals surface area contributed by atoms with Gasteiger partial charge in [0.15, 0.2) is 11.4 Å². The van der Waals surface area contributed by atoms with E-state index in [0.29, 0.717) is 5.56 Å². The quantitative estimate of drug-likeness (QED) is 0.327. The molecule has 3 aliphatic rings. The van der Waals surface area contributed by atoms with Gasteiger partial charge in [-0.15, -0.1) is 0 Å². The number of aromatic hydroxyl groups is 1. The number of likely N-dealkylation sites (N-methyl/N-ethyl adjacent to an activating group) is 1. The lowest BCUT2D eigenvalue weighted by atomic mass is 9.54. The van der Waals surface area contributed by atoms with Gasteiger partial charge in [0.25, 0.3) is 5.91 Å². The van der Waals surface area contributed by atoms with E-state index in [0.717, 1.165) is 0 Å². The van der Waals surface area contributed by atoms with Gasteiger partial charge >= 0.3 is 0 Å².